The van der Waals surface area contributed by atoms with Crippen LogP contribution in [0.3, 0.4) is 0 Å². The molecule has 1 saturated heterocycles. The van der Waals surface area contributed by atoms with E-state index in [9.17, 15) is 22.8 Å². The van der Waals surface area contributed by atoms with Crippen LogP contribution in [0.15, 0.2) is 12.4 Å². The molecule has 0 aromatic carbocycles. The smallest absolute Gasteiger partial charge is 0.406 e. The molecule has 0 spiro atoms. The first-order valence-electron chi connectivity index (χ1n) is 5.36. The highest BCUT2D eigenvalue weighted by atomic mass is 19.4. The van der Waals surface area contributed by atoms with Crippen molar-refractivity contribution >= 4 is 11.9 Å². The molecule has 1 unspecified atom stereocenters. The van der Waals surface area contributed by atoms with E-state index in [2.05, 4.69) is 10.2 Å². The first-order valence-corrected chi connectivity index (χ1v) is 5.36. The number of H-pyrrole nitrogens is 1. The number of nitrogens with one attached hydrogen (secondary N) is 1. The zero-order valence-corrected chi connectivity index (χ0v) is 9.57. The summed E-state index contributed by atoms with van der Waals surface area (Å²) in [4.78, 5) is 23.7. The van der Waals surface area contributed by atoms with Gasteiger partial charge in [0, 0.05) is 19.3 Å². The van der Waals surface area contributed by atoms with Crippen molar-refractivity contribution in [1.82, 2.24) is 15.1 Å². The maximum absolute atomic E-state index is 12.9. The van der Waals surface area contributed by atoms with Crippen molar-refractivity contribution in [1.29, 1.82) is 0 Å². The van der Waals surface area contributed by atoms with E-state index in [1.165, 1.54) is 12.4 Å². The van der Waals surface area contributed by atoms with Crippen LogP contribution < -0.4 is 0 Å². The molecule has 0 saturated carbocycles. The third-order valence-electron chi connectivity index (χ3n) is 3.25. The lowest BCUT2D eigenvalue weighted by Crippen LogP contribution is -2.47. The number of carbonyl (C=O) groups is 2. The second-order valence-corrected chi connectivity index (χ2v) is 4.35. The van der Waals surface area contributed by atoms with Crippen LogP contribution >= 0.6 is 0 Å². The van der Waals surface area contributed by atoms with Crippen molar-refractivity contribution in [2.24, 2.45) is 5.41 Å². The molecule has 0 aliphatic carbocycles. The van der Waals surface area contributed by atoms with Gasteiger partial charge in [0.05, 0.1) is 11.8 Å². The van der Waals surface area contributed by atoms with E-state index in [4.69, 9.17) is 5.11 Å². The molecule has 2 rings (SSSR count). The Morgan fingerprint density at radius 1 is 1.47 bits per heavy atom. The van der Waals surface area contributed by atoms with Gasteiger partial charge in [-0.05, 0) is 6.42 Å². The number of aliphatic carboxylic acids is 1. The van der Waals surface area contributed by atoms with Crippen LogP contribution in [0.5, 0.6) is 0 Å². The number of carbonyl (C=O) groups excluding carboxylic acids is 1. The van der Waals surface area contributed by atoms with Crippen molar-refractivity contribution in [3.63, 3.8) is 0 Å². The van der Waals surface area contributed by atoms with E-state index in [0.717, 1.165) is 4.90 Å². The molecule has 2 heterocycles. The Labute approximate surface area is 105 Å². The molecule has 0 bridgehead atoms. The number of alkyl halides is 3. The molecule has 0 radical (unpaired) electrons. The minimum atomic E-state index is -4.90. The number of hydrogen-bond donors (Lipinski definition) is 2. The van der Waals surface area contributed by atoms with Gasteiger partial charge in [0.25, 0.3) is 5.91 Å². The average molecular weight is 277 g/mol. The van der Waals surface area contributed by atoms with Gasteiger partial charge in [0.1, 0.15) is 0 Å². The van der Waals surface area contributed by atoms with E-state index in [-0.39, 0.29) is 12.1 Å². The van der Waals surface area contributed by atoms with E-state index >= 15 is 0 Å². The molecular formula is C10H10F3N3O3. The Hall–Kier alpha value is -2.06. The van der Waals surface area contributed by atoms with Gasteiger partial charge in [-0.1, -0.05) is 0 Å². The van der Waals surface area contributed by atoms with Crippen LogP contribution in [0, 0.1) is 5.41 Å². The van der Waals surface area contributed by atoms with Crippen molar-refractivity contribution in [3.8, 4) is 0 Å². The summed E-state index contributed by atoms with van der Waals surface area (Å²) in [6.45, 7) is -1.13. The van der Waals surface area contributed by atoms with Crippen LogP contribution in [0.1, 0.15) is 16.8 Å². The summed E-state index contributed by atoms with van der Waals surface area (Å²) < 4.78 is 38.7. The highest BCUT2D eigenvalue weighted by Crippen LogP contribution is 2.45. The quantitative estimate of drug-likeness (QED) is 0.840. The first kappa shape index (κ1) is 13.4. The van der Waals surface area contributed by atoms with Crippen molar-refractivity contribution in [3.05, 3.63) is 18.0 Å². The van der Waals surface area contributed by atoms with Crippen molar-refractivity contribution in [2.45, 2.75) is 12.6 Å². The van der Waals surface area contributed by atoms with Gasteiger partial charge < -0.3 is 10.0 Å². The maximum Gasteiger partial charge on any atom is 0.406 e. The molecule has 19 heavy (non-hydrogen) atoms. The summed E-state index contributed by atoms with van der Waals surface area (Å²) in [7, 11) is 0. The summed E-state index contributed by atoms with van der Waals surface area (Å²) in [5.41, 5.74) is -2.78. The van der Waals surface area contributed by atoms with Gasteiger partial charge in [-0.15, -0.1) is 0 Å². The lowest BCUT2D eigenvalue weighted by Gasteiger charge is -2.27. The molecule has 1 aliphatic heterocycles. The molecule has 1 amide bonds. The van der Waals surface area contributed by atoms with Gasteiger partial charge in [-0.25, -0.2) is 0 Å². The number of carboxylic acid groups (broad SMARTS) is 1. The summed E-state index contributed by atoms with van der Waals surface area (Å²) in [5.74, 6) is -2.62. The van der Waals surface area contributed by atoms with Gasteiger partial charge in [-0.2, -0.15) is 18.3 Å². The molecule has 6 nitrogen and oxygen atoms in total. The van der Waals surface area contributed by atoms with Gasteiger partial charge in [-0.3, -0.25) is 14.7 Å². The maximum atomic E-state index is 12.9. The van der Waals surface area contributed by atoms with E-state index in [1.54, 1.807) is 0 Å². The fourth-order valence-corrected chi connectivity index (χ4v) is 2.06. The number of carboxylic acids is 1. The fraction of sp³-hybridized carbons (Fsp3) is 0.500. The second-order valence-electron chi connectivity index (χ2n) is 4.35. The molecular weight excluding hydrogens is 267 g/mol. The molecule has 1 fully saturated rings. The number of nitrogens with zero attached hydrogens (tertiary/aromatic N) is 2. The van der Waals surface area contributed by atoms with Crippen LogP contribution in [-0.2, 0) is 4.79 Å². The summed E-state index contributed by atoms with van der Waals surface area (Å²) in [6, 6.07) is 0. The summed E-state index contributed by atoms with van der Waals surface area (Å²) in [5, 5.41) is 14.7. The lowest BCUT2D eigenvalue weighted by molar-refractivity contribution is -0.227. The molecule has 2 N–H and O–H groups in total. The normalized spacial score (nSPS) is 23.6. The Bertz CT molecular complexity index is 500. The Balaban J connectivity index is 2.23. The third kappa shape index (κ3) is 2.04. The predicted octanol–water partition coefficient (Wildman–Crippen LogP) is 0.889. The van der Waals surface area contributed by atoms with Gasteiger partial charge in [0.15, 0.2) is 5.41 Å². The Kier molecular flexibility index (Phi) is 2.99. The number of aromatic nitrogens is 2. The highest BCUT2D eigenvalue weighted by molar-refractivity contribution is 5.94. The lowest BCUT2D eigenvalue weighted by atomic mass is 9.86. The van der Waals surface area contributed by atoms with Gasteiger partial charge in [0.2, 0.25) is 0 Å². The number of likely N-dealkylation sites (tertiary alicyclic amines) is 1. The third-order valence-corrected chi connectivity index (χ3v) is 3.25. The molecule has 1 aromatic heterocycles. The summed E-state index contributed by atoms with van der Waals surface area (Å²) >= 11 is 0. The minimum absolute atomic E-state index is 0.100. The van der Waals surface area contributed by atoms with Crippen LogP contribution in [-0.4, -0.2) is 51.3 Å². The van der Waals surface area contributed by atoms with E-state index in [0.29, 0.717) is 0 Å². The SMILES string of the molecule is O=C(c1cn[nH]c1)N1CCC(C(=O)O)(C(F)(F)F)C1. The minimum Gasteiger partial charge on any atom is -0.481 e. The first-order chi connectivity index (χ1) is 8.78. The molecule has 104 valence electrons. The molecule has 1 aromatic rings. The molecule has 1 aliphatic rings. The zero-order valence-electron chi connectivity index (χ0n) is 9.57. The highest BCUT2D eigenvalue weighted by Gasteiger charge is 2.64. The van der Waals surface area contributed by atoms with E-state index in [1.807, 2.05) is 0 Å². The number of rotatable bonds is 2. The number of amides is 1. The molecule has 1 atom stereocenters. The topological polar surface area (TPSA) is 86.3 Å². The number of halogens is 3. The van der Waals surface area contributed by atoms with Crippen molar-refractivity contribution in [2.75, 3.05) is 13.1 Å². The molecule has 9 heteroatoms. The zero-order chi connectivity index (χ0) is 14.3. The van der Waals surface area contributed by atoms with Crippen LogP contribution in [0.2, 0.25) is 0 Å². The Morgan fingerprint density at radius 3 is 2.58 bits per heavy atom. The van der Waals surface area contributed by atoms with Crippen LogP contribution in [0.25, 0.3) is 0 Å². The fourth-order valence-electron chi connectivity index (χ4n) is 2.06. The standard InChI is InChI=1S/C10H10F3N3O3/c11-10(12,13)9(8(18)19)1-2-16(5-9)7(17)6-3-14-15-4-6/h3-4H,1-2,5H2,(H,14,15)(H,18,19). The average Bonchev–Trinajstić information content (AvgIpc) is 2.97. The largest absolute Gasteiger partial charge is 0.481 e. The summed E-state index contributed by atoms with van der Waals surface area (Å²) in [6.07, 6.45) is -3.12. The van der Waals surface area contributed by atoms with E-state index < -0.39 is 36.4 Å². The second kappa shape index (κ2) is 4.25. The van der Waals surface area contributed by atoms with Crippen molar-refractivity contribution < 1.29 is 27.9 Å². The number of aromatic amines is 1. The van der Waals surface area contributed by atoms with Gasteiger partial charge >= 0.3 is 12.1 Å². The van der Waals surface area contributed by atoms with Crippen LogP contribution in [0.4, 0.5) is 13.2 Å². The Morgan fingerprint density at radius 2 is 2.16 bits per heavy atom. The number of hydrogen-bond acceptors (Lipinski definition) is 3. The monoisotopic (exact) mass is 277 g/mol. The predicted molar refractivity (Wildman–Crippen MR) is 55.2 cm³/mol.